The zero-order chi connectivity index (χ0) is 20.3. The van der Waals surface area contributed by atoms with Gasteiger partial charge < -0.3 is 9.73 Å². The molecule has 0 aliphatic rings. The summed E-state index contributed by atoms with van der Waals surface area (Å²) in [5.74, 6) is -0.620. The molecule has 1 heterocycles. The van der Waals surface area contributed by atoms with Crippen molar-refractivity contribution in [3.8, 4) is 11.5 Å². The Morgan fingerprint density at radius 1 is 1.18 bits per heavy atom. The maximum Gasteiger partial charge on any atom is 0.277 e. The number of halogens is 3. The van der Waals surface area contributed by atoms with Crippen molar-refractivity contribution in [2.45, 2.75) is 30.4 Å². The van der Waals surface area contributed by atoms with Crippen molar-refractivity contribution in [1.29, 1.82) is 0 Å². The van der Waals surface area contributed by atoms with E-state index in [4.69, 9.17) is 27.6 Å². The molecule has 0 bridgehead atoms. The highest BCUT2D eigenvalue weighted by molar-refractivity contribution is 8.00. The van der Waals surface area contributed by atoms with Crippen LogP contribution in [0.3, 0.4) is 0 Å². The third kappa shape index (κ3) is 4.84. The molecule has 2 aromatic carbocycles. The molecule has 0 aliphatic carbocycles. The molecule has 146 valence electrons. The fourth-order valence-electron chi connectivity index (χ4n) is 2.47. The highest BCUT2D eigenvalue weighted by Crippen LogP contribution is 2.29. The van der Waals surface area contributed by atoms with Gasteiger partial charge in [-0.25, -0.2) is 4.39 Å². The van der Waals surface area contributed by atoms with Crippen LogP contribution in [-0.4, -0.2) is 21.4 Å². The monoisotopic (exact) mass is 439 g/mol. The van der Waals surface area contributed by atoms with Gasteiger partial charge in [0.25, 0.3) is 11.1 Å². The number of benzene rings is 2. The first-order valence-corrected chi connectivity index (χ1v) is 9.99. The van der Waals surface area contributed by atoms with Gasteiger partial charge in [0.15, 0.2) is 0 Å². The highest BCUT2D eigenvalue weighted by Gasteiger charge is 2.22. The number of thioether (sulfide) groups is 1. The Bertz CT molecular complexity index is 999. The van der Waals surface area contributed by atoms with Gasteiger partial charge in [-0.3, -0.25) is 4.79 Å². The molecule has 3 aromatic rings. The third-order valence-electron chi connectivity index (χ3n) is 3.95. The molecule has 0 aliphatic heterocycles. The Balaban J connectivity index is 1.64. The van der Waals surface area contributed by atoms with E-state index in [0.29, 0.717) is 10.0 Å². The lowest BCUT2D eigenvalue weighted by Crippen LogP contribution is -2.33. The standard InChI is InChI=1S/C19H16Cl2FN3O2S/c1-10(13-8-7-12(20)9-15(13)21)23-17(26)11(2)28-19-25-24-18(27-19)14-5-3-4-6-16(14)22/h3-11H,1-2H3,(H,23,26). The molecule has 9 heteroatoms. The molecule has 3 rings (SSSR count). The smallest absolute Gasteiger partial charge is 0.277 e. The van der Waals surface area contributed by atoms with Gasteiger partial charge in [-0.1, -0.05) is 53.2 Å². The summed E-state index contributed by atoms with van der Waals surface area (Å²) in [5, 5.41) is 11.3. The zero-order valence-electron chi connectivity index (χ0n) is 14.9. The van der Waals surface area contributed by atoms with E-state index < -0.39 is 11.1 Å². The lowest BCUT2D eigenvalue weighted by Gasteiger charge is -2.18. The first-order chi connectivity index (χ1) is 13.3. The number of nitrogens with one attached hydrogen (secondary N) is 1. The molecule has 2 atom stereocenters. The molecule has 1 N–H and O–H groups in total. The van der Waals surface area contributed by atoms with Gasteiger partial charge in [-0.15, -0.1) is 10.2 Å². The van der Waals surface area contributed by atoms with Crippen LogP contribution >= 0.6 is 35.0 Å². The van der Waals surface area contributed by atoms with Crippen molar-refractivity contribution in [3.05, 3.63) is 63.9 Å². The molecule has 0 spiro atoms. The number of hydrogen-bond donors (Lipinski definition) is 1. The Kier molecular flexibility index (Phi) is 6.59. The third-order valence-corrected chi connectivity index (χ3v) is 5.44. The molecule has 1 amide bonds. The predicted molar refractivity (Wildman–Crippen MR) is 108 cm³/mol. The fraction of sp³-hybridized carbons (Fsp3) is 0.211. The van der Waals surface area contributed by atoms with E-state index in [1.165, 1.54) is 6.07 Å². The van der Waals surface area contributed by atoms with Crippen LogP contribution in [0.15, 0.2) is 52.1 Å². The summed E-state index contributed by atoms with van der Waals surface area (Å²) in [6.45, 7) is 3.54. The van der Waals surface area contributed by atoms with Crippen molar-refractivity contribution in [3.63, 3.8) is 0 Å². The van der Waals surface area contributed by atoms with Gasteiger partial charge in [-0.05, 0) is 43.7 Å². The minimum absolute atomic E-state index is 0.0644. The fourth-order valence-corrected chi connectivity index (χ4v) is 3.73. The van der Waals surface area contributed by atoms with E-state index in [1.807, 2.05) is 6.92 Å². The maximum atomic E-state index is 13.8. The number of carbonyl (C=O) groups excluding carboxylic acids is 1. The Morgan fingerprint density at radius 3 is 2.64 bits per heavy atom. The second-order valence-electron chi connectivity index (χ2n) is 6.01. The van der Waals surface area contributed by atoms with Crippen molar-refractivity contribution >= 4 is 40.9 Å². The molecular weight excluding hydrogens is 424 g/mol. The largest absolute Gasteiger partial charge is 0.411 e. The molecule has 0 radical (unpaired) electrons. The molecule has 0 fully saturated rings. The molecule has 28 heavy (non-hydrogen) atoms. The normalized spacial score (nSPS) is 13.2. The van der Waals surface area contributed by atoms with Gasteiger partial charge in [0.2, 0.25) is 5.91 Å². The molecular formula is C19H16Cl2FN3O2S. The first kappa shape index (κ1) is 20.6. The van der Waals surface area contributed by atoms with E-state index in [-0.39, 0.29) is 28.6 Å². The van der Waals surface area contributed by atoms with Crippen LogP contribution in [0.4, 0.5) is 4.39 Å². The van der Waals surface area contributed by atoms with Crippen LogP contribution < -0.4 is 5.32 Å². The van der Waals surface area contributed by atoms with Crippen molar-refractivity contribution < 1.29 is 13.6 Å². The van der Waals surface area contributed by atoms with Crippen molar-refractivity contribution in [2.24, 2.45) is 0 Å². The molecule has 0 saturated carbocycles. The highest BCUT2D eigenvalue weighted by atomic mass is 35.5. The van der Waals surface area contributed by atoms with E-state index in [2.05, 4.69) is 15.5 Å². The summed E-state index contributed by atoms with van der Waals surface area (Å²) in [7, 11) is 0. The number of carbonyl (C=O) groups is 1. The van der Waals surface area contributed by atoms with E-state index in [0.717, 1.165) is 17.3 Å². The Hall–Kier alpha value is -2.09. The number of amides is 1. The minimum atomic E-state index is -0.512. The lowest BCUT2D eigenvalue weighted by molar-refractivity contribution is -0.120. The predicted octanol–water partition coefficient (Wildman–Crippen LogP) is 5.54. The summed E-state index contributed by atoms with van der Waals surface area (Å²) in [6, 6.07) is 10.9. The minimum Gasteiger partial charge on any atom is -0.411 e. The molecule has 0 saturated heterocycles. The summed E-state index contributed by atoms with van der Waals surface area (Å²) < 4.78 is 19.3. The van der Waals surface area contributed by atoms with Crippen molar-refractivity contribution in [1.82, 2.24) is 15.5 Å². The van der Waals surface area contributed by atoms with E-state index in [9.17, 15) is 9.18 Å². The second-order valence-corrected chi connectivity index (χ2v) is 8.14. The van der Waals surface area contributed by atoms with Gasteiger partial charge in [0.1, 0.15) is 5.82 Å². The van der Waals surface area contributed by atoms with Gasteiger partial charge in [0.05, 0.1) is 16.9 Å². The van der Waals surface area contributed by atoms with Gasteiger partial charge in [0, 0.05) is 10.0 Å². The molecule has 5 nitrogen and oxygen atoms in total. The van der Waals surface area contributed by atoms with E-state index >= 15 is 0 Å². The Morgan fingerprint density at radius 2 is 1.93 bits per heavy atom. The quantitative estimate of drug-likeness (QED) is 0.510. The van der Waals surface area contributed by atoms with Crippen LogP contribution in [-0.2, 0) is 4.79 Å². The number of aromatic nitrogens is 2. The number of nitrogens with zero attached hydrogens (tertiary/aromatic N) is 2. The number of rotatable bonds is 6. The molecule has 1 aromatic heterocycles. The zero-order valence-corrected chi connectivity index (χ0v) is 17.3. The van der Waals surface area contributed by atoms with Crippen LogP contribution in [0.5, 0.6) is 0 Å². The maximum absolute atomic E-state index is 13.8. The van der Waals surface area contributed by atoms with Crippen LogP contribution in [0.25, 0.3) is 11.5 Å². The average Bonchev–Trinajstić information content (AvgIpc) is 3.10. The van der Waals surface area contributed by atoms with Crippen LogP contribution in [0.1, 0.15) is 25.5 Å². The summed E-state index contributed by atoms with van der Waals surface area (Å²) in [5.41, 5.74) is 0.973. The SMILES string of the molecule is CC(Sc1nnc(-c2ccccc2F)o1)C(=O)NC(C)c1ccc(Cl)cc1Cl. The van der Waals surface area contributed by atoms with Crippen LogP contribution in [0.2, 0.25) is 10.0 Å². The topological polar surface area (TPSA) is 68.0 Å². The van der Waals surface area contributed by atoms with E-state index in [1.54, 1.807) is 43.3 Å². The average molecular weight is 440 g/mol. The second kappa shape index (κ2) is 8.94. The van der Waals surface area contributed by atoms with Gasteiger partial charge in [-0.2, -0.15) is 0 Å². The Labute approximate surface area is 175 Å². The lowest BCUT2D eigenvalue weighted by atomic mass is 10.1. The van der Waals surface area contributed by atoms with Crippen LogP contribution in [0, 0.1) is 5.82 Å². The molecule has 2 unspecified atom stereocenters. The summed E-state index contributed by atoms with van der Waals surface area (Å²) >= 11 is 13.2. The first-order valence-electron chi connectivity index (χ1n) is 8.35. The van der Waals surface area contributed by atoms with Crippen molar-refractivity contribution in [2.75, 3.05) is 0 Å². The summed E-state index contributed by atoms with van der Waals surface area (Å²) in [4.78, 5) is 12.5. The number of hydrogen-bond acceptors (Lipinski definition) is 5. The summed E-state index contributed by atoms with van der Waals surface area (Å²) in [6.07, 6.45) is 0. The van der Waals surface area contributed by atoms with Gasteiger partial charge >= 0.3 is 0 Å².